The number of phenols is 1. The molecule has 0 spiro atoms. The molecule has 0 amide bonds. The SMILES string of the molecule is COC(=O)C1=C2C(=O)c3c(O)cc(CO)cc3O[C@@H]2[C@@H](O)C=C1. The topological polar surface area (TPSA) is 113 Å². The lowest BCUT2D eigenvalue weighted by Crippen LogP contribution is -2.42. The molecule has 0 bridgehead atoms. The van der Waals surface area contributed by atoms with E-state index in [1.165, 1.54) is 31.4 Å². The number of hydrogen-bond donors (Lipinski definition) is 3. The van der Waals surface area contributed by atoms with E-state index >= 15 is 0 Å². The van der Waals surface area contributed by atoms with E-state index in [-0.39, 0.29) is 34.8 Å². The van der Waals surface area contributed by atoms with Crippen molar-refractivity contribution in [3.05, 3.63) is 46.6 Å². The number of carbonyl (C=O) groups excluding carboxylic acids is 2. The van der Waals surface area contributed by atoms with Crippen molar-refractivity contribution in [2.24, 2.45) is 0 Å². The van der Waals surface area contributed by atoms with Crippen molar-refractivity contribution >= 4 is 11.8 Å². The fourth-order valence-electron chi connectivity index (χ4n) is 2.72. The quantitative estimate of drug-likeness (QED) is 0.669. The predicted octanol–water partition coefficient (Wildman–Crippen LogP) is 0.228. The van der Waals surface area contributed by atoms with Crippen LogP contribution in [0.5, 0.6) is 11.5 Å². The minimum atomic E-state index is -1.13. The highest BCUT2D eigenvalue weighted by atomic mass is 16.5. The Kier molecular flexibility index (Phi) is 3.67. The summed E-state index contributed by atoms with van der Waals surface area (Å²) in [5.41, 5.74) is 0.156. The Balaban J connectivity index is 2.21. The first-order valence-corrected chi connectivity index (χ1v) is 6.84. The molecule has 0 saturated heterocycles. The molecule has 3 N–H and O–H groups in total. The van der Waals surface area contributed by atoms with Crippen LogP contribution in [0.1, 0.15) is 15.9 Å². The third kappa shape index (κ3) is 2.30. The van der Waals surface area contributed by atoms with Crippen LogP contribution in [0, 0.1) is 0 Å². The van der Waals surface area contributed by atoms with Gasteiger partial charge in [-0.05, 0) is 23.8 Å². The van der Waals surface area contributed by atoms with Crippen LogP contribution in [0.25, 0.3) is 0 Å². The number of benzene rings is 1. The Hall–Kier alpha value is -2.64. The van der Waals surface area contributed by atoms with Gasteiger partial charge in [0, 0.05) is 0 Å². The van der Waals surface area contributed by atoms with Crippen LogP contribution in [-0.4, -0.2) is 46.4 Å². The van der Waals surface area contributed by atoms with Gasteiger partial charge in [0.1, 0.15) is 23.2 Å². The van der Waals surface area contributed by atoms with E-state index in [4.69, 9.17) is 4.74 Å². The van der Waals surface area contributed by atoms with Crippen molar-refractivity contribution in [3.63, 3.8) is 0 Å². The first-order valence-electron chi connectivity index (χ1n) is 6.84. The largest absolute Gasteiger partial charge is 0.507 e. The summed E-state index contributed by atoms with van der Waals surface area (Å²) in [6.45, 7) is -0.346. The van der Waals surface area contributed by atoms with Crippen molar-refractivity contribution in [2.45, 2.75) is 18.8 Å². The zero-order valence-corrected chi connectivity index (χ0v) is 12.1. The molecule has 120 valence electrons. The maximum atomic E-state index is 12.7. The molecule has 0 unspecified atom stereocenters. The first-order chi connectivity index (χ1) is 11.0. The lowest BCUT2D eigenvalue weighted by molar-refractivity contribution is -0.135. The van der Waals surface area contributed by atoms with Gasteiger partial charge in [-0.15, -0.1) is 0 Å². The number of Topliss-reactive ketones (excluding diaryl/α,β-unsaturated/α-hetero) is 1. The molecule has 2 aliphatic rings. The van der Waals surface area contributed by atoms with Gasteiger partial charge in [0.05, 0.1) is 24.9 Å². The van der Waals surface area contributed by atoms with Gasteiger partial charge in [0.15, 0.2) is 6.10 Å². The second-order valence-electron chi connectivity index (χ2n) is 5.18. The van der Waals surface area contributed by atoms with Crippen LogP contribution >= 0.6 is 0 Å². The van der Waals surface area contributed by atoms with E-state index in [0.29, 0.717) is 5.56 Å². The Labute approximate surface area is 131 Å². The van der Waals surface area contributed by atoms with E-state index in [1.807, 2.05) is 0 Å². The number of esters is 1. The van der Waals surface area contributed by atoms with Gasteiger partial charge < -0.3 is 24.8 Å². The summed E-state index contributed by atoms with van der Waals surface area (Å²) < 4.78 is 10.3. The highest BCUT2D eigenvalue weighted by molar-refractivity contribution is 6.18. The molecule has 2 atom stereocenters. The van der Waals surface area contributed by atoms with Crippen LogP contribution in [0.4, 0.5) is 0 Å². The monoisotopic (exact) mass is 318 g/mol. The van der Waals surface area contributed by atoms with Crippen LogP contribution in [0.3, 0.4) is 0 Å². The molecule has 23 heavy (non-hydrogen) atoms. The van der Waals surface area contributed by atoms with E-state index in [0.717, 1.165) is 0 Å². The molecular weight excluding hydrogens is 304 g/mol. The number of aliphatic hydroxyl groups is 2. The van der Waals surface area contributed by atoms with Gasteiger partial charge in [-0.2, -0.15) is 0 Å². The van der Waals surface area contributed by atoms with Gasteiger partial charge in [-0.3, -0.25) is 4.79 Å². The number of aliphatic hydroxyl groups excluding tert-OH is 2. The van der Waals surface area contributed by atoms with Crippen LogP contribution in [0.2, 0.25) is 0 Å². The summed E-state index contributed by atoms with van der Waals surface area (Å²) in [4.78, 5) is 24.6. The summed E-state index contributed by atoms with van der Waals surface area (Å²) in [6, 6.07) is 2.65. The highest BCUT2D eigenvalue weighted by Gasteiger charge is 2.42. The van der Waals surface area contributed by atoms with Crippen LogP contribution in [0.15, 0.2) is 35.4 Å². The standard InChI is InChI=1S/C16H14O7/c1-22-16(21)8-2-3-9(18)15-12(8)14(20)13-10(19)4-7(6-17)5-11(13)23-15/h2-5,9,15,17-19H,6H2,1H3/t9-,15+/m0/s1. The van der Waals surface area contributed by atoms with Gasteiger partial charge in [-0.25, -0.2) is 4.79 Å². The van der Waals surface area contributed by atoms with Gasteiger partial charge in [0.2, 0.25) is 5.78 Å². The number of carbonyl (C=O) groups is 2. The average molecular weight is 318 g/mol. The molecule has 0 radical (unpaired) electrons. The third-order valence-corrected chi connectivity index (χ3v) is 3.80. The normalized spacial score (nSPS) is 22.3. The fraction of sp³-hybridized carbons (Fsp3) is 0.250. The molecule has 7 nitrogen and oxygen atoms in total. The molecular formula is C16H14O7. The molecule has 3 rings (SSSR count). The minimum absolute atomic E-state index is 0.0240. The summed E-state index contributed by atoms with van der Waals surface area (Å²) >= 11 is 0. The Morgan fingerprint density at radius 1 is 1.39 bits per heavy atom. The second kappa shape index (κ2) is 5.53. The van der Waals surface area contributed by atoms with Crippen LogP contribution < -0.4 is 4.74 Å². The van der Waals surface area contributed by atoms with E-state index in [1.54, 1.807) is 0 Å². The molecule has 1 aromatic carbocycles. The summed E-state index contributed by atoms with van der Waals surface area (Å²) in [7, 11) is 1.18. The first kappa shape index (κ1) is 15.3. The van der Waals surface area contributed by atoms with Crippen molar-refractivity contribution < 1.29 is 34.4 Å². The Morgan fingerprint density at radius 3 is 2.78 bits per heavy atom. The number of phenolic OH excluding ortho intramolecular Hbond substituents is 1. The molecule has 7 heteroatoms. The molecule has 1 aliphatic carbocycles. The predicted molar refractivity (Wildman–Crippen MR) is 77.0 cm³/mol. The smallest absolute Gasteiger partial charge is 0.338 e. The third-order valence-electron chi connectivity index (χ3n) is 3.80. The number of ketones is 1. The van der Waals surface area contributed by atoms with Crippen LogP contribution in [-0.2, 0) is 16.1 Å². The lowest BCUT2D eigenvalue weighted by Gasteiger charge is -2.33. The summed E-state index contributed by atoms with van der Waals surface area (Å²) in [5, 5.41) is 29.3. The van der Waals surface area contributed by atoms with Gasteiger partial charge >= 0.3 is 5.97 Å². The average Bonchev–Trinajstić information content (AvgIpc) is 2.54. The van der Waals surface area contributed by atoms with E-state index < -0.39 is 24.0 Å². The maximum absolute atomic E-state index is 12.7. The van der Waals surface area contributed by atoms with E-state index in [2.05, 4.69) is 4.74 Å². The number of fused-ring (bicyclic) bond motifs is 2. The molecule has 0 aromatic heterocycles. The summed E-state index contributed by atoms with van der Waals surface area (Å²) in [6.07, 6.45) is 0.417. The van der Waals surface area contributed by atoms with Crippen molar-refractivity contribution in [1.29, 1.82) is 0 Å². The number of hydrogen-bond acceptors (Lipinski definition) is 7. The van der Waals surface area contributed by atoms with Crippen molar-refractivity contribution in [2.75, 3.05) is 7.11 Å². The highest BCUT2D eigenvalue weighted by Crippen LogP contribution is 2.41. The second-order valence-corrected chi connectivity index (χ2v) is 5.18. The molecule has 0 saturated carbocycles. The van der Waals surface area contributed by atoms with Gasteiger partial charge in [0.25, 0.3) is 0 Å². The van der Waals surface area contributed by atoms with Crippen molar-refractivity contribution in [1.82, 2.24) is 0 Å². The van der Waals surface area contributed by atoms with Gasteiger partial charge in [-0.1, -0.05) is 6.08 Å². The Morgan fingerprint density at radius 2 is 2.13 bits per heavy atom. The molecule has 0 fully saturated rings. The number of rotatable bonds is 2. The summed E-state index contributed by atoms with van der Waals surface area (Å²) in [5.74, 6) is -1.68. The zero-order valence-electron chi connectivity index (χ0n) is 12.1. The van der Waals surface area contributed by atoms with Crippen molar-refractivity contribution in [3.8, 4) is 11.5 Å². The number of ether oxygens (including phenoxy) is 2. The van der Waals surface area contributed by atoms with E-state index in [9.17, 15) is 24.9 Å². The minimum Gasteiger partial charge on any atom is -0.507 e. The fourth-order valence-corrected chi connectivity index (χ4v) is 2.72. The zero-order chi connectivity index (χ0) is 16.7. The Bertz CT molecular complexity index is 760. The maximum Gasteiger partial charge on any atom is 0.338 e. The molecule has 1 heterocycles. The molecule has 1 aliphatic heterocycles. The number of methoxy groups -OCH3 is 1. The lowest BCUT2D eigenvalue weighted by atomic mass is 9.84. The molecule has 1 aromatic rings. The number of aromatic hydroxyl groups is 1.